The van der Waals surface area contributed by atoms with Crippen LogP contribution in [0.2, 0.25) is 5.02 Å². The van der Waals surface area contributed by atoms with E-state index in [9.17, 15) is 4.79 Å². The number of hydrogen-bond acceptors (Lipinski definition) is 5. The van der Waals surface area contributed by atoms with Gasteiger partial charge >= 0.3 is 5.97 Å². The highest BCUT2D eigenvalue weighted by Gasteiger charge is 2.23. The number of carboxylic acids is 1. The average Bonchev–Trinajstić information content (AvgIpc) is 2.92. The lowest BCUT2D eigenvalue weighted by molar-refractivity contribution is -0.138. The SMILES string of the molecule is CN(CC(=O)O)C1CCCN(c2nc(-c3ccccc3Cl)cs2)CC1. The normalized spacial score (nSPS) is 18.4. The number of halogens is 1. The minimum atomic E-state index is -0.770. The van der Waals surface area contributed by atoms with E-state index in [1.807, 2.05) is 36.2 Å². The summed E-state index contributed by atoms with van der Waals surface area (Å²) in [7, 11) is 1.90. The van der Waals surface area contributed by atoms with E-state index < -0.39 is 5.97 Å². The summed E-state index contributed by atoms with van der Waals surface area (Å²) in [5.74, 6) is -0.770. The van der Waals surface area contributed by atoms with Crippen molar-refractivity contribution in [3.8, 4) is 11.3 Å². The van der Waals surface area contributed by atoms with Crippen LogP contribution in [0.3, 0.4) is 0 Å². The minimum absolute atomic E-state index is 0.0958. The van der Waals surface area contributed by atoms with Gasteiger partial charge in [0.1, 0.15) is 0 Å². The zero-order valence-corrected chi connectivity index (χ0v) is 15.8. The molecule has 0 amide bonds. The third-order valence-electron chi connectivity index (χ3n) is 4.62. The first-order valence-corrected chi connectivity index (χ1v) is 9.68. The molecule has 1 N–H and O–H groups in total. The van der Waals surface area contributed by atoms with Crippen LogP contribution in [0, 0.1) is 0 Å². The summed E-state index contributed by atoms with van der Waals surface area (Å²) >= 11 is 7.91. The van der Waals surface area contributed by atoms with Crippen LogP contribution >= 0.6 is 22.9 Å². The van der Waals surface area contributed by atoms with Crippen molar-refractivity contribution in [2.45, 2.75) is 25.3 Å². The maximum Gasteiger partial charge on any atom is 0.317 e. The van der Waals surface area contributed by atoms with Crippen LogP contribution in [0.1, 0.15) is 19.3 Å². The van der Waals surface area contributed by atoms with Crippen LogP contribution in [0.4, 0.5) is 5.13 Å². The van der Waals surface area contributed by atoms with Gasteiger partial charge < -0.3 is 10.0 Å². The average molecular weight is 380 g/mol. The van der Waals surface area contributed by atoms with E-state index in [1.165, 1.54) is 0 Å². The third-order valence-corrected chi connectivity index (χ3v) is 5.85. The number of benzene rings is 1. The Labute approximate surface area is 156 Å². The smallest absolute Gasteiger partial charge is 0.317 e. The monoisotopic (exact) mass is 379 g/mol. The van der Waals surface area contributed by atoms with Gasteiger partial charge in [0.05, 0.1) is 12.2 Å². The maximum atomic E-state index is 10.9. The van der Waals surface area contributed by atoms with Gasteiger partial charge in [-0.05, 0) is 32.4 Å². The topological polar surface area (TPSA) is 56.7 Å². The number of rotatable bonds is 5. The van der Waals surface area contributed by atoms with Gasteiger partial charge in [0, 0.05) is 35.1 Å². The fraction of sp³-hybridized carbons (Fsp3) is 0.444. The van der Waals surface area contributed by atoms with Crippen molar-refractivity contribution in [1.82, 2.24) is 9.88 Å². The number of likely N-dealkylation sites (N-methyl/N-ethyl adjacent to an activating group) is 1. The molecule has 1 aliphatic heterocycles. The van der Waals surface area contributed by atoms with Crippen LogP contribution < -0.4 is 4.90 Å². The molecule has 1 atom stereocenters. The molecule has 0 spiro atoms. The molecular formula is C18H22ClN3O2S. The molecule has 134 valence electrons. The molecule has 1 aliphatic rings. The van der Waals surface area contributed by atoms with E-state index in [0.29, 0.717) is 11.1 Å². The number of aliphatic carboxylic acids is 1. The molecule has 2 aromatic rings. The van der Waals surface area contributed by atoms with E-state index in [2.05, 4.69) is 10.3 Å². The fourth-order valence-corrected chi connectivity index (χ4v) is 4.37. The Bertz CT molecular complexity index is 737. The Balaban J connectivity index is 1.67. The molecule has 1 aromatic heterocycles. The molecule has 3 rings (SSSR count). The molecule has 1 unspecified atom stereocenters. The van der Waals surface area contributed by atoms with Crippen molar-refractivity contribution in [3.05, 3.63) is 34.7 Å². The predicted octanol–water partition coefficient (Wildman–Crippen LogP) is 3.84. The van der Waals surface area contributed by atoms with E-state index in [4.69, 9.17) is 21.7 Å². The van der Waals surface area contributed by atoms with Crippen LogP contribution in [0.25, 0.3) is 11.3 Å². The van der Waals surface area contributed by atoms with Crippen molar-refractivity contribution >= 4 is 34.0 Å². The number of carbonyl (C=O) groups is 1. The maximum absolute atomic E-state index is 10.9. The van der Waals surface area contributed by atoms with Gasteiger partial charge in [-0.1, -0.05) is 29.8 Å². The van der Waals surface area contributed by atoms with Gasteiger partial charge in [-0.2, -0.15) is 0 Å². The summed E-state index contributed by atoms with van der Waals surface area (Å²) in [4.78, 5) is 19.9. The number of nitrogens with zero attached hydrogens (tertiary/aromatic N) is 3. The molecular weight excluding hydrogens is 358 g/mol. The van der Waals surface area contributed by atoms with Gasteiger partial charge in [-0.25, -0.2) is 4.98 Å². The lowest BCUT2D eigenvalue weighted by atomic mass is 10.1. The second-order valence-electron chi connectivity index (χ2n) is 6.38. The third kappa shape index (κ3) is 4.51. The molecule has 0 aliphatic carbocycles. The first-order chi connectivity index (χ1) is 12.0. The summed E-state index contributed by atoms with van der Waals surface area (Å²) in [6, 6.07) is 8.06. The highest BCUT2D eigenvalue weighted by atomic mass is 35.5. The molecule has 7 heteroatoms. The van der Waals surface area contributed by atoms with Crippen molar-refractivity contribution in [2.24, 2.45) is 0 Å². The van der Waals surface area contributed by atoms with Crippen LogP contribution in [0.5, 0.6) is 0 Å². The fourth-order valence-electron chi connectivity index (χ4n) is 3.26. The standard InChI is InChI=1S/C18H22ClN3O2S/c1-21(11-17(23)24)13-5-4-9-22(10-8-13)18-20-16(12-25-18)14-6-2-3-7-15(14)19/h2-3,6-7,12-13H,4-5,8-11H2,1H3,(H,23,24). The number of anilines is 1. The number of carboxylic acid groups (broad SMARTS) is 1. The van der Waals surface area contributed by atoms with Gasteiger partial charge in [0.25, 0.3) is 0 Å². The molecule has 5 nitrogen and oxygen atoms in total. The largest absolute Gasteiger partial charge is 0.480 e. The first-order valence-electron chi connectivity index (χ1n) is 8.42. The minimum Gasteiger partial charge on any atom is -0.480 e. The Kier molecular flexibility index (Phi) is 5.93. The molecule has 25 heavy (non-hydrogen) atoms. The molecule has 0 saturated carbocycles. The Hall–Kier alpha value is -1.63. The lowest BCUT2D eigenvalue weighted by Crippen LogP contribution is -2.36. The number of aromatic nitrogens is 1. The Morgan fingerprint density at radius 1 is 1.40 bits per heavy atom. The number of thiazole rings is 1. The van der Waals surface area contributed by atoms with Gasteiger partial charge in [0.15, 0.2) is 5.13 Å². The van der Waals surface area contributed by atoms with Gasteiger partial charge in [0.2, 0.25) is 0 Å². The molecule has 0 bridgehead atoms. The van der Waals surface area contributed by atoms with Crippen molar-refractivity contribution in [2.75, 3.05) is 31.6 Å². The Morgan fingerprint density at radius 2 is 2.20 bits per heavy atom. The number of hydrogen-bond donors (Lipinski definition) is 1. The van der Waals surface area contributed by atoms with Crippen LogP contribution in [-0.4, -0.2) is 53.7 Å². The summed E-state index contributed by atoms with van der Waals surface area (Å²) < 4.78 is 0. The summed E-state index contributed by atoms with van der Waals surface area (Å²) in [6.45, 7) is 1.94. The predicted molar refractivity (Wildman–Crippen MR) is 103 cm³/mol. The molecule has 0 radical (unpaired) electrons. The second kappa shape index (κ2) is 8.17. The van der Waals surface area contributed by atoms with Gasteiger partial charge in [-0.15, -0.1) is 11.3 Å². The van der Waals surface area contributed by atoms with Gasteiger partial charge in [-0.3, -0.25) is 9.69 Å². The lowest BCUT2D eigenvalue weighted by Gasteiger charge is -2.25. The zero-order chi connectivity index (χ0) is 17.8. The van der Waals surface area contributed by atoms with E-state index in [0.717, 1.165) is 48.7 Å². The molecule has 1 fully saturated rings. The van der Waals surface area contributed by atoms with Crippen molar-refractivity contribution < 1.29 is 9.90 Å². The second-order valence-corrected chi connectivity index (χ2v) is 7.62. The van der Waals surface area contributed by atoms with E-state index >= 15 is 0 Å². The summed E-state index contributed by atoms with van der Waals surface area (Å²) in [6.07, 6.45) is 3.00. The molecule has 1 aromatic carbocycles. The quantitative estimate of drug-likeness (QED) is 0.855. The molecule has 2 heterocycles. The highest BCUT2D eigenvalue weighted by molar-refractivity contribution is 7.14. The first kappa shape index (κ1) is 18.2. The summed E-state index contributed by atoms with van der Waals surface area (Å²) in [5, 5.41) is 12.8. The van der Waals surface area contributed by atoms with E-state index in [1.54, 1.807) is 11.3 Å². The van der Waals surface area contributed by atoms with Crippen molar-refractivity contribution in [1.29, 1.82) is 0 Å². The van der Waals surface area contributed by atoms with Crippen LogP contribution in [0.15, 0.2) is 29.6 Å². The molecule has 1 saturated heterocycles. The van der Waals surface area contributed by atoms with Crippen LogP contribution in [-0.2, 0) is 4.79 Å². The van der Waals surface area contributed by atoms with Crippen molar-refractivity contribution in [3.63, 3.8) is 0 Å². The summed E-state index contributed by atoms with van der Waals surface area (Å²) in [5.41, 5.74) is 1.87. The highest BCUT2D eigenvalue weighted by Crippen LogP contribution is 2.32. The Morgan fingerprint density at radius 3 is 2.96 bits per heavy atom. The zero-order valence-electron chi connectivity index (χ0n) is 14.2. The van der Waals surface area contributed by atoms with E-state index in [-0.39, 0.29) is 6.54 Å².